The third kappa shape index (κ3) is 5.70. The fourth-order valence-corrected chi connectivity index (χ4v) is 3.64. The van der Waals surface area contributed by atoms with E-state index in [0.29, 0.717) is 17.7 Å². The smallest absolute Gasteiger partial charge is 0.311 e. The molecule has 2 unspecified atom stereocenters. The normalized spacial score (nSPS) is 12.5. The van der Waals surface area contributed by atoms with E-state index >= 15 is 0 Å². The second kappa shape index (κ2) is 10.5. The molecular formula is C27H28N2O3. The molecule has 0 aliphatic rings. The Morgan fingerprint density at radius 3 is 2.19 bits per heavy atom. The number of hydrogen-bond donors (Lipinski definition) is 2. The van der Waals surface area contributed by atoms with Crippen molar-refractivity contribution in [2.24, 2.45) is 5.92 Å². The zero-order valence-electron chi connectivity index (χ0n) is 18.6. The van der Waals surface area contributed by atoms with E-state index in [2.05, 4.69) is 5.32 Å². The Balaban J connectivity index is 1.72. The van der Waals surface area contributed by atoms with Gasteiger partial charge in [0.25, 0.3) is 5.91 Å². The molecule has 0 heterocycles. The van der Waals surface area contributed by atoms with Crippen LogP contribution in [0.2, 0.25) is 0 Å². The predicted octanol–water partition coefficient (Wildman–Crippen LogP) is 4.89. The summed E-state index contributed by atoms with van der Waals surface area (Å²) in [7, 11) is 1.35. The molecule has 0 aromatic heterocycles. The molecule has 5 nitrogen and oxygen atoms in total. The van der Waals surface area contributed by atoms with Gasteiger partial charge in [0.2, 0.25) is 0 Å². The molecule has 3 aromatic carbocycles. The first kappa shape index (κ1) is 22.9. The van der Waals surface area contributed by atoms with E-state index in [0.717, 1.165) is 22.3 Å². The van der Waals surface area contributed by atoms with Crippen molar-refractivity contribution in [3.8, 4) is 11.1 Å². The number of carbonyl (C=O) groups excluding carboxylic acids is 2. The van der Waals surface area contributed by atoms with Crippen LogP contribution in [0.3, 0.4) is 0 Å². The van der Waals surface area contributed by atoms with Crippen LogP contribution in [0.25, 0.3) is 11.1 Å². The first-order valence-corrected chi connectivity index (χ1v) is 10.6. The molecule has 5 heteroatoms. The van der Waals surface area contributed by atoms with E-state index in [9.17, 15) is 9.59 Å². The summed E-state index contributed by atoms with van der Waals surface area (Å²) in [5.41, 5.74) is 4.83. The van der Waals surface area contributed by atoms with Gasteiger partial charge in [-0.2, -0.15) is 0 Å². The zero-order valence-corrected chi connectivity index (χ0v) is 18.6. The molecule has 164 valence electrons. The summed E-state index contributed by atoms with van der Waals surface area (Å²) in [4.78, 5) is 25.3. The Morgan fingerprint density at radius 1 is 0.906 bits per heavy atom. The van der Waals surface area contributed by atoms with Crippen LogP contribution in [0, 0.1) is 11.3 Å². The molecule has 0 aliphatic carbocycles. The lowest BCUT2D eigenvalue weighted by atomic mass is 9.91. The molecular weight excluding hydrogens is 400 g/mol. The Morgan fingerprint density at radius 2 is 1.56 bits per heavy atom. The Hall–Kier alpha value is -3.73. The fraction of sp³-hybridized carbons (Fsp3) is 0.222. The largest absolute Gasteiger partial charge is 0.469 e. The quantitative estimate of drug-likeness (QED) is 0.396. The number of carbonyl (C=O) groups is 2. The van der Waals surface area contributed by atoms with Gasteiger partial charge in [0.05, 0.1) is 13.0 Å². The van der Waals surface area contributed by atoms with Gasteiger partial charge in [-0.05, 0) is 60.7 Å². The molecule has 0 fully saturated rings. The maximum atomic E-state index is 12.8. The Labute approximate surface area is 189 Å². The predicted molar refractivity (Wildman–Crippen MR) is 127 cm³/mol. The number of esters is 1. The van der Waals surface area contributed by atoms with Crippen molar-refractivity contribution < 1.29 is 14.3 Å². The number of hydrogen-bond acceptors (Lipinski definition) is 4. The van der Waals surface area contributed by atoms with Crippen LogP contribution in [-0.2, 0) is 16.0 Å². The van der Waals surface area contributed by atoms with Gasteiger partial charge < -0.3 is 15.5 Å². The molecule has 0 spiro atoms. The molecule has 1 amide bonds. The number of benzene rings is 3. The molecule has 0 radical (unpaired) electrons. The van der Waals surface area contributed by atoms with Crippen molar-refractivity contribution in [3.05, 3.63) is 95.6 Å². The van der Waals surface area contributed by atoms with Crippen LogP contribution in [0.1, 0.15) is 35.3 Å². The first-order valence-electron chi connectivity index (χ1n) is 10.6. The number of ether oxygens (including phenoxy) is 1. The molecule has 3 aromatic rings. The van der Waals surface area contributed by atoms with Crippen LogP contribution < -0.4 is 5.32 Å². The summed E-state index contributed by atoms with van der Waals surface area (Å²) >= 11 is 0. The lowest BCUT2D eigenvalue weighted by Crippen LogP contribution is -2.42. The monoisotopic (exact) mass is 428 g/mol. The zero-order chi connectivity index (χ0) is 23.1. The first-order chi connectivity index (χ1) is 15.4. The van der Waals surface area contributed by atoms with Crippen LogP contribution >= 0.6 is 0 Å². The molecule has 0 aliphatic heterocycles. The van der Waals surface area contributed by atoms with Gasteiger partial charge in [-0.1, -0.05) is 60.7 Å². The summed E-state index contributed by atoms with van der Waals surface area (Å²) in [6.45, 7) is 3.53. The minimum Gasteiger partial charge on any atom is -0.469 e. The fourth-order valence-electron chi connectivity index (χ4n) is 3.64. The topological polar surface area (TPSA) is 79.2 Å². The molecule has 2 N–H and O–H groups in total. The molecule has 32 heavy (non-hydrogen) atoms. The second-order valence-electron chi connectivity index (χ2n) is 7.86. The minimum absolute atomic E-state index is 0.241. The van der Waals surface area contributed by atoms with Crippen molar-refractivity contribution in [2.45, 2.75) is 26.3 Å². The van der Waals surface area contributed by atoms with E-state index in [-0.39, 0.29) is 11.9 Å². The van der Waals surface area contributed by atoms with Crippen molar-refractivity contribution in [1.82, 2.24) is 5.32 Å². The summed E-state index contributed by atoms with van der Waals surface area (Å²) in [5.74, 6) is -1.17. The van der Waals surface area contributed by atoms with Gasteiger partial charge in [0.1, 0.15) is 0 Å². The van der Waals surface area contributed by atoms with Crippen LogP contribution in [-0.4, -0.2) is 30.7 Å². The average Bonchev–Trinajstić information content (AvgIpc) is 2.82. The molecule has 0 saturated carbocycles. The van der Waals surface area contributed by atoms with Crippen LogP contribution in [0.5, 0.6) is 0 Å². The molecule has 2 atom stereocenters. The highest BCUT2D eigenvalue weighted by atomic mass is 16.5. The van der Waals surface area contributed by atoms with E-state index < -0.39 is 12.0 Å². The summed E-state index contributed by atoms with van der Waals surface area (Å²) in [6.07, 6.45) is 0.405. The highest BCUT2D eigenvalue weighted by molar-refractivity contribution is 5.96. The van der Waals surface area contributed by atoms with Crippen LogP contribution in [0.4, 0.5) is 0 Å². The highest BCUT2D eigenvalue weighted by Gasteiger charge is 2.28. The van der Waals surface area contributed by atoms with Gasteiger partial charge in [0, 0.05) is 17.3 Å². The van der Waals surface area contributed by atoms with E-state index in [1.165, 1.54) is 7.11 Å². The van der Waals surface area contributed by atoms with Gasteiger partial charge >= 0.3 is 5.97 Å². The van der Waals surface area contributed by atoms with Crippen molar-refractivity contribution in [1.29, 1.82) is 5.41 Å². The van der Waals surface area contributed by atoms with Crippen LogP contribution in [0.15, 0.2) is 78.9 Å². The highest BCUT2D eigenvalue weighted by Crippen LogP contribution is 2.20. The van der Waals surface area contributed by atoms with Gasteiger partial charge in [-0.3, -0.25) is 9.59 Å². The van der Waals surface area contributed by atoms with Crippen molar-refractivity contribution >= 4 is 17.6 Å². The van der Waals surface area contributed by atoms with Gasteiger partial charge in [0.15, 0.2) is 0 Å². The molecule has 0 bridgehead atoms. The van der Waals surface area contributed by atoms with E-state index in [4.69, 9.17) is 10.1 Å². The number of amides is 1. The number of nitrogens with one attached hydrogen (secondary N) is 2. The summed E-state index contributed by atoms with van der Waals surface area (Å²) in [6, 6.07) is 24.5. The standard InChI is InChI=1S/C27H28N2O3/c1-18(28)24-11-7-8-20(16-24)17-25(27(31)32-3)19(2)29-26(30)23-14-12-22(13-15-23)21-9-5-4-6-10-21/h4-16,19,25,28H,17H2,1-3H3,(H,29,30). The van der Waals surface area contributed by atoms with E-state index in [1.54, 1.807) is 19.1 Å². The third-order valence-electron chi connectivity index (χ3n) is 5.54. The third-order valence-corrected chi connectivity index (χ3v) is 5.54. The minimum atomic E-state index is -0.547. The summed E-state index contributed by atoms with van der Waals surface area (Å²) < 4.78 is 5.00. The Bertz CT molecular complexity index is 1090. The number of rotatable bonds is 8. The molecule has 0 saturated heterocycles. The average molecular weight is 429 g/mol. The number of methoxy groups -OCH3 is 1. The second-order valence-corrected chi connectivity index (χ2v) is 7.86. The maximum absolute atomic E-state index is 12.8. The van der Waals surface area contributed by atoms with Gasteiger partial charge in [-0.15, -0.1) is 0 Å². The SMILES string of the molecule is COC(=O)C(Cc1cccc(C(C)=N)c1)C(C)NC(=O)c1ccc(-c2ccccc2)cc1. The maximum Gasteiger partial charge on any atom is 0.311 e. The van der Waals surface area contributed by atoms with Crippen molar-refractivity contribution in [3.63, 3.8) is 0 Å². The Kier molecular flexibility index (Phi) is 7.55. The summed E-state index contributed by atoms with van der Waals surface area (Å²) in [5, 5.41) is 10.8. The van der Waals surface area contributed by atoms with E-state index in [1.807, 2.05) is 73.7 Å². The lowest BCUT2D eigenvalue weighted by molar-refractivity contribution is -0.146. The van der Waals surface area contributed by atoms with Crippen molar-refractivity contribution in [2.75, 3.05) is 7.11 Å². The van der Waals surface area contributed by atoms with Gasteiger partial charge in [-0.25, -0.2) is 0 Å². The lowest BCUT2D eigenvalue weighted by Gasteiger charge is -2.23. The molecule has 3 rings (SSSR count).